The van der Waals surface area contributed by atoms with Gasteiger partial charge >= 0.3 is 0 Å². The van der Waals surface area contributed by atoms with Gasteiger partial charge in [0.25, 0.3) is 0 Å². The first-order valence-electron chi connectivity index (χ1n) is 4.23. The van der Waals surface area contributed by atoms with Gasteiger partial charge in [0.05, 0.1) is 0 Å². The highest BCUT2D eigenvalue weighted by atomic mass is 16.1. The lowest BCUT2D eigenvalue weighted by Gasteiger charge is -2.01. The van der Waals surface area contributed by atoms with Crippen LogP contribution < -0.4 is 5.32 Å². The second-order valence-electron chi connectivity index (χ2n) is 2.85. The van der Waals surface area contributed by atoms with E-state index >= 15 is 0 Å². The quantitative estimate of drug-likeness (QED) is 0.729. The normalized spacial score (nSPS) is 9.93. The number of nitrogens with one attached hydrogen (secondary N) is 2. The van der Waals surface area contributed by atoms with Crippen LogP contribution in [0.5, 0.6) is 0 Å². The van der Waals surface area contributed by atoms with E-state index in [0.29, 0.717) is 11.6 Å². The van der Waals surface area contributed by atoms with E-state index in [1.165, 1.54) is 6.92 Å². The predicted molar refractivity (Wildman–Crippen MR) is 51.7 cm³/mol. The lowest BCUT2D eigenvalue weighted by atomic mass is 10.2. The van der Waals surface area contributed by atoms with Gasteiger partial charge in [-0.05, 0) is 17.3 Å². The van der Waals surface area contributed by atoms with Gasteiger partial charge in [-0.25, -0.2) is 4.98 Å². The third-order valence-corrected chi connectivity index (χ3v) is 1.67. The SMILES string of the molecule is CC(=O)Nc1cc(-c2nn[nH]n2)ccn1. The van der Waals surface area contributed by atoms with Crippen LogP contribution in [0.1, 0.15) is 6.92 Å². The zero-order valence-electron chi connectivity index (χ0n) is 7.93. The molecule has 76 valence electrons. The molecule has 0 aliphatic rings. The Balaban J connectivity index is 2.31. The van der Waals surface area contributed by atoms with Crippen molar-refractivity contribution in [2.45, 2.75) is 6.92 Å². The van der Waals surface area contributed by atoms with Crippen molar-refractivity contribution in [1.82, 2.24) is 25.6 Å². The van der Waals surface area contributed by atoms with Crippen LogP contribution in [0.3, 0.4) is 0 Å². The fraction of sp³-hybridized carbons (Fsp3) is 0.125. The van der Waals surface area contributed by atoms with Gasteiger partial charge in [-0.1, -0.05) is 0 Å². The summed E-state index contributed by atoms with van der Waals surface area (Å²) >= 11 is 0. The third kappa shape index (κ3) is 2.13. The van der Waals surface area contributed by atoms with E-state index < -0.39 is 0 Å². The number of rotatable bonds is 2. The number of hydrogen-bond donors (Lipinski definition) is 2. The molecule has 0 bridgehead atoms. The summed E-state index contributed by atoms with van der Waals surface area (Å²) in [6.45, 7) is 1.42. The molecular weight excluding hydrogens is 196 g/mol. The molecule has 0 radical (unpaired) electrons. The van der Waals surface area contributed by atoms with Crippen molar-refractivity contribution in [3.63, 3.8) is 0 Å². The van der Waals surface area contributed by atoms with Crippen LogP contribution in [0.25, 0.3) is 11.4 Å². The van der Waals surface area contributed by atoms with E-state index in [9.17, 15) is 4.79 Å². The molecule has 2 heterocycles. The highest BCUT2D eigenvalue weighted by molar-refractivity contribution is 5.88. The minimum absolute atomic E-state index is 0.173. The fourth-order valence-electron chi connectivity index (χ4n) is 1.10. The summed E-state index contributed by atoms with van der Waals surface area (Å²) in [5, 5.41) is 16.0. The van der Waals surface area contributed by atoms with E-state index in [1.807, 2.05) is 0 Å². The Morgan fingerprint density at radius 1 is 1.53 bits per heavy atom. The summed E-state index contributed by atoms with van der Waals surface area (Å²) in [6.07, 6.45) is 1.57. The average molecular weight is 204 g/mol. The number of aromatic amines is 1. The first-order valence-corrected chi connectivity index (χ1v) is 4.23. The molecule has 0 aliphatic carbocycles. The minimum atomic E-state index is -0.173. The molecule has 0 saturated carbocycles. The molecule has 0 spiro atoms. The summed E-state index contributed by atoms with van der Waals surface area (Å²) in [6, 6.07) is 3.41. The number of carbonyl (C=O) groups excluding carboxylic acids is 1. The van der Waals surface area contributed by atoms with E-state index in [0.717, 1.165) is 5.56 Å². The Morgan fingerprint density at radius 3 is 3.07 bits per heavy atom. The number of aromatic nitrogens is 5. The number of pyridine rings is 1. The molecule has 2 rings (SSSR count). The molecule has 0 fully saturated rings. The fourth-order valence-corrected chi connectivity index (χ4v) is 1.10. The molecular formula is C8H8N6O. The number of tetrazole rings is 1. The zero-order chi connectivity index (χ0) is 10.7. The number of carbonyl (C=O) groups is 1. The summed E-state index contributed by atoms with van der Waals surface area (Å²) < 4.78 is 0. The Hall–Kier alpha value is -2.31. The van der Waals surface area contributed by atoms with Crippen molar-refractivity contribution in [3.8, 4) is 11.4 Å². The van der Waals surface area contributed by atoms with Gasteiger partial charge in [0.1, 0.15) is 5.82 Å². The van der Waals surface area contributed by atoms with Crippen LogP contribution in [0.4, 0.5) is 5.82 Å². The van der Waals surface area contributed by atoms with Gasteiger partial charge in [0, 0.05) is 18.7 Å². The van der Waals surface area contributed by atoms with Gasteiger partial charge in [-0.3, -0.25) is 4.79 Å². The highest BCUT2D eigenvalue weighted by Gasteiger charge is 2.04. The van der Waals surface area contributed by atoms with E-state index in [4.69, 9.17) is 0 Å². The number of nitrogens with zero attached hydrogens (tertiary/aromatic N) is 4. The van der Waals surface area contributed by atoms with Crippen molar-refractivity contribution in [2.24, 2.45) is 0 Å². The van der Waals surface area contributed by atoms with Crippen LogP contribution >= 0.6 is 0 Å². The van der Waals surface area contributed by atoms with Gasteiger partial charge in [0.15, 0.2) is 0 Å². The minimum Gasteiger partial charge on any atom is -0.311 e. The van der Waals surface area contributed by atoms with E-state index in [1.54, 1.807) is 18.3 Å². The van der Waals surface area contributed by atoms with Crippen molar-refractivity contribution in [2.75, 3.05) is 5.32 Å². The van der Waals surface area contributed by atoms with Crippen molar-refractivity contribution in [3.05, 3.63) is 18.3 Å². The molecule has 0 atom stereocenters. The molecule has 15 heavy (non-hydrogen) atoms. The van der Waals surface area contributed by atoms with Gasteiger partial charge in [0.2, 0.25) is 11.7 Å². The molecule has 1 amide bonds. The van der Waals surface area contributed by atoms with Crippen molar-refractivity contribution >= 4 is 11.7 Å². The monoisotopic (exact) mass is 204 g/mol. The van der Waals surface area contributed by atoms with Crippen LogP contribution in [-0.2, 0) is 4.79 Å². The lowest BCUT2D eigenvalue weighted by Crippen LogP contribution is -2.07. The number of anilines is 1. The number of hydrogen-bond acceptors (Lipinski definition) is 5. The smallest absolute Gasteiger partial charge is 0.222 e. The topological polar surface area (TPSA) is 96.5 Å². The maximum absolute atomic E-state index is 10.8. The van der Waals surface area contributed by atoms with Crippen molar-refractivity contribution < 1.29 is 4.79 Å². The van der Waals surface area contributed by atoms with Crippen LogP contribution in [-0.4, -0.2) is 31.5 Å². The second-order valence-corrected chi connectivity index (χ2v) is 2.85. The van der Waals surface area contributed by atoms with E-state index in [2.05, 4.69) is 30.9 Å². The maximum atomic E-state index is 10.8. The van der Waals surface area contributed by atoms with Gasteiger partial charge < -0.3 is 5.32 Å². The number of H-pyrrole nitrogens is 1. The molecule has 2 aromatic heterocycles. The van der Waals surface area contributed by atoms with Crippen LogP contribution in [0, 0.1) is 0 Å². The van der Waals surface area contributed by atoms with Gasteiger partial charge in [-0.2, -0.15) is 5.21 Å². The standard InChI is InChI=1S/C8H8N6O/c1-5(15)10-7-4-6(2-3-9-7)8-11-13-14-12-8/h2-4H,1H3,(H,9,10,15)(H,11,12,13,14). The predicted octanol–water partition coefficient (Wildman–Crippen LogP) is 0.220. The largest absolute Gasteiger partial charge is 0.311 e. The third-order valence-electron chi connectivity index (χ3n) is 1.67. The molecule has 2 N–H and O–H groups in total. The Kier molecular flexibility index (Phi) is 2.36. The maximum Gasteiger partial charge on any atom is 0.222 e. The zero-order valence-corrected chi connectivity index (χ0v) is 7.93. The highest BCUT2D eigenvalue weighted by Crippen LogP contribution is 2.15. The molecule has 7 nitrogen and oxygen atoms in total. The first kappa shape index (κ1) is 9.25. The average Bonchev–Trinajstić information content (AvgIpc) is 2.69. The summed E-state index contributed by atoms with van der Waals surface area (Å²) in [5.41, 5.74) is 0.738. The molecule has 0 unspecified atom stereocenters. The van der Waals surface area contributed by atoms with Crippen molar-refractivity contribution in [1.29, 1.82) is 0 Å². The summed E-state index contributed by atoms with van der Waals surface area (Å²) in [7, 11) is 0. The Morgan fingerprint density at radius 2 is 2.40 bits per heavy atom. The molecule has 7 heteroatoms. The molecule has 0 aliphatic heterocycles. The Labute approximate surface area is 84.9 Å². The number of amides is 1. The first-order chi connectivity index (χ1) is 7.25. The summed E-state index contributed by atoms with van der Waals surface area (Å²) in [4.78, 5) is 14.8. The van der Waals surface area contributed by atoms with Crippen LogP contribution in [0.15, 0.2) is 18.3 Å². The molecule has 0 saturated heterocycles. The second kappa shape index (κ2) is 3.82. The van der Waals surface area contributed by atoms with Gasteiger partial charge in [-0.15, -0.1) is 10.2 Å². The van der Waals surface area contributed by atoms with E-state index in [-0.39, 0.29) is 5.91 Å². The van der Waals surface area contributed by atoms with Crippen LogP contribution in [0.2, 0.25) is 0 Å². The summed E-state index contributed by atoms with van der Waals surface area (Å²) in [5.74, 6) is 0.751. The lowest BCUT2D eigenvalue weighted by molar-refractivity contribution is -0.114. The molecule has 0 aromatic carbocycles. The molecule has 2 aromatic rings. The Bertz CT molecular complexity index is 466.